The molecule has 1 fully saturated rings. The Morgan fingerprint density at radius 2 is 1.84 bits per heavy atom. The van der Waals surface area contributed by atoms with E-state index in [9.17, 15) is 13.6 Å². The zero-order valence-electron chi connectivity index (χ0n) is 16.9. The molecule has 31 heavy (non-hydrogen) atoms. The van der Waals surface area contributed by atoms with E-state index < -0.39 is 5.82 Å². The Morgan fingerprint density at radius 3 is 2.58 bits per heavy atom. The van der Waals surface area contributed by atoms with Gasteiger partial charge in [-0.2, -0.15) is 0 Å². The number of nitrogens with one attached hydrogen (secondary N) is 1. The molecule has 160 valence electrons. The number of aromatic nitrogens is 1. The number of pyridine rings is 1. The van der Waals surface area contributed by atoms with E-state index in [0.717, 1.165) is 11.3 Å². The number of hydrogen-bond acceptors (Lipinski definition) is 4. The third-order valence-electron chi connectivity index (χ3n) is 5.20. The van der Waals surface area contributed by atoms with Crippen LogP contribution in [0.1, 0.15) is 22.9 Å². The van der Waals surface area contributed by atoms with Crippen molar-refractivity contribution in [1.82, 2.24) is 9.88 Å². The normalized spacial score (nSPS) is 16.8. The average Bonchev–Trinajstić information content (AvgIpc) is 2.78. The van der Waals surface area contributed by atoms with Crippen molar-refractivity contribution in [3.63, 3.8) is 0 Å². The van der Waals surface area contributed by atoms with Crippen LogP contribution in [0, 0.1) is 11.6 Å². The molecule has 1 unspecified atom stereocenters. The molecule has 0 aliphatic carbocycles. The van der Waals surface area contributed by atoms with E-state index in [1.165, 1.54) is 18.2 Å². The minimum absolute atomic E-state index is 0.138. The number of ether oxygens (including phenoxy) is 1. The molecule has 1 aliphatic heterocycles. The number of carbonyl (C=O) groups excluding carboxylic acids is 1. The Bertz CT molecular complexity index is 1040. The number of hydrogen-bond donors (Lipinski definition) is 1. The number of para-hydroxylation sites is 1. The van der Waals surface area contributed by atoms with Crippen molar-refractivity contribution in [2.24, 2.45) is 0 Å². The van der Waals surface area contributed by atoms with Gasteiger partial charge in [0.2, 0.25) is 5.91 Å². The van der Waals surface area contributed by atoms with Crippen LogP contribution in [0.25, 0.3) is 0 Å². The molecule has 1 aliphatic rings. The van der Waals surface area contributed by atoms with Gasteiger partial charge >= 0.3 is 0 Å². The van der Waals surface area contributed by atoms with Crippen molar-refractivity contribution in [3.05, 3.63) is 95.3 Å². The van der Waals surface area contributed by atoms with Gasteiger partial charge in [0.15, 0.2) is 0 Å². The third kappa shape index (κ3) is 5.51. The first-order valence-corrected chi connectivity index (χ1v) is 10.1. The highest BCUT2D eigenvalue weighted by atomic mass is 19.1. The minimum atomic E-state index is -0.463. The first-order valence-electron chi connectivity index (χ1n) is 10.1. The number of amides is 1. The predicted octanol–water partition coefficient (Wildman–Crippen LogP) is 3.96. The van der Waals surface area contributed by atoms with Crippen molar-refractivity contribution in [2.45, 2.75) is 12.5 Å². The maximum absolute atomic E-state index is 13.9. The van der Waals surface area contributed by atoms with Gasteiger partial charge in [0.25, 0.3) is 0 Å². The van der Waals surface area contributed by atoms with Crippen LogP contribution in [0.4, 0.5) is 14.5 Å². The lowest BCUT2D eigenvalue weighted by atomic mass is 10.1. The summed E-state index contributed by atoms with van der Waals surface area (Å²) in [5, 5.41) is 2.60. The van der Waals surface area contributed by atoms with Crippen LogP contribution in [0.3, 0.4) is 0 Å². The maximum Gasteiger partial charge on any atom is 0.238 e. The summed E-state index contributed by atoms with van der Waals surface area (Å²) < 4.78 is 33.4. The van der Waals surface area contributed by atoms with Gasteiger partial charge < -0.3 is 10.1 Å². The van der Waals surface area contributed by atoms with E-state index in [0.29, 0.717) is 31.7 Å². The lowest BCUT2D eigenvalue weighted by Crippen LogP contribution is -2.42. The summed E-state index contributed by atoms with van der Waals surface area (Å²) in [4.78, 5) is 18.8. The Morgan fingerprint density at radius 1 is 1.06 bits per heavy atom. The molecule has 2 heterocycles. The van der Waals surface area contributed by atoms with Gasteiger partial charge in [-0.25, -0.2) is 8.78 Å². The standard InChI is InChI=1S/C24H23F2N3O2/c25-19-6-2-1-5-18(19)13-17-9-10-22(27-14-17)23-15-29(11-12-31-23)16-24(30)28-21-8-4-3-7-20(21)26/h1-10,14,23H,11-13,15-16H2,(H,28,30). The monoisotopic (exact) mass is 423 g/mol. The van der Waals surface area contributed by atoms with Gasteiger partial charge in [-0.15, -0.1) is 0 Å². The fourth-order valence-electron chi connectivity index (χ4n) is 3.57. The number of nitrogens with zero attached hydrogens (tertiary/aromatic N) is 2. The molecule has 0 saturated carbocycles. The van der Waals surface area contributed by atoms with E-state index >= 15 is 0 Å². The Kier molecular flexibility index (Phi) is 6.64. The van der Waals surface area contributed by atoms with Crippen LogP contribution >= 0.6 is 0 Å². The van der Waals surface area contributed by atoms with Gasteiger partial charge in [0.05, 0.1) is 24.5 Å². The van der Waals surface area contributed by atoms with Crippen molar-refractivity contribution in [3.8, 4) is 0 Å². The quantitative estimate of drug-likeness (QED) is 0.652. The molecule has 5 nitrogen and oxygen atoms in total. The second-order valence-corrected chi connectivity index (χ2v) is 7.48. The zero-order chi connectivity index (χ0) is 21.6. The fourth-order valence-corrected chi connectivity index (χ4v) is 3.57. The number of rotatable bonds is 6. The summed E-state index contributed by atoms with van der Waals surface area (Å²) in [6.07, 6.45) is 1.93. The summed E-state index contributed by atoms with van der Waals surface area (Å²) in [5.74, 6) is -0.971. The van der Waals surface area contributed by atoms with E-state index in [4.69, 9.17) is 4.74 Å². The Hall–Kier alpha value is -3.16. The molecule has 0 spiro atoms. The lowest BCUT2D eigenvalue weighted by molar-refractivity contribution is -0.119. The molecule has 1 amide bonds. The molecule has 4 rings (SSSR count). The van der Waals surface area contributed by atoms with E-state index in [2.05, 4.69) is 10.3 Å². The predicted molar refractivity (Wildman–Crippen MR) is 114 cm³/mol. The van der Waals surface area contributed by atoms with Gasteiger partial charge in [-0.1, -0.05) is 36.4 Å². The third-order valence-corrected chi connectivity index (χ3v) is 5.20. The largest absolute Gasteiger partial charge is 0.369 e. The second-order valence-electron chi connectivity index (χ2n) is 7.48. The minimum Gasteiger partial charge on any atom is -0.369 e. The van der Waals surface area contributed by atoms with Crippen LogP contribution in [0.15, 0.2) is 66.9 Å². The van der Waals surface area contributed by atoms with E-state index in [1.54, 1.807) is 30.5 Å². The van der Waals surface area contributed by atoms with Crippen LogP contribution in [0.2, 0.25) is 0 Å². The summed E-state index contributed by atoms with van der Waals surface area (Å²) in [6.45, 7) is 1.72. The average molecular weight is 423 g/mol. The summed E-state index contributed by atoms with van der Waals surface area (Å²) >= 11 is 0. The summed E-state index contributed by atoms with van der Waals surface area (Å²) in [5.41, 5.74) is 2.46. The van der Waals surface area contributed by atoms with Crippen molar-refractivity contribution >= 4 is 11.6 Å². The Labute approximate surface area is 179 Å². The second kappa shape index (κ2) is 9.76. The van der Waals surface area contributed by atoms with Crippen LogP contribution in [0.5, 0.6) is 0 Å². The molecule has 1 atom stereocenters. The molecular formula is C24H23F2N3O2. The number of halogens is 2. The first kappa shape index (κ1) is 21.1. The summed E-state index contributed by atoms with van der Waals surface area (Å²) in [6, 6.07) is 16.6. The van der Waals surface area contributed by atoms with Crippen LogP contribution in [-0.4, -0.2) is 42.0 Å². The number of benzene rings is 2. The van der Waals surface area contributed by atoms with Crippen molar-refractivity contribution in [1.29, 1.82) is 0 Å². The highest BCUT2D eigenvalue weighted by molar-refractivity contribution is 5.92. The SMILES string of the molecule is O=C(CN1CCOC(c2ccc(Cc3ccccc3F)cn2)C1)Nc1ccccc1F. The van der Waals surface area contributed by atoms with Crippen molar-refractivity contribution < 1.29 is 18.3 Å². The van der Waals surface area contributed by atoms with Gasteiger partial charge in [-0.3, -0.25) is 14.7 Å². The molecule has 7 heteroatoms. The van der Waals surface area contributed by atoms with Gasteiger partial charge in [0.1, 0.15) is 17.7 Å². The first-order chi connectivity index (χ1) is 15.1. The van der Waals surface area contributed by atoms with Crippen LogP contribution < -0.4 is 5.32 Å². The van der Waals surface area contributed by atoms with E-state index in [-0.39, 0.29) is 30.1 Å². The zero-order valence-corrected chi connectivity index (χ0v) is 16.9. The molecule has 0 bridgehead atoms. The molecule has 1 aromatic heterocycles. The molecule has 1 saturated heterocycles. The fraction of sp³-hybridized carbons (Fsp3) is 0.250. The highest BCUT2D eigenvalue weighted by Crippen LogP contribution is 2.22. The Balaban J connectivity index is 1.34. The molecular weight excluding hydrogens is 400 g/mol. The van der Waals surface area contributed by atoms with Crippen molar-refractivity contribution in [2.75, 3.05) is 31.6 Å². The van der Waals surface area contributed by atoms with Gasteiger partial charge in [0, 0.05) is 25.7 Å². The summed E-state index contributed by atoms with van der Waals surface area (Å²) in [7, 11) is 0. The number of carbonyl (C=O) groups is 1. The molecule has 1 N–H and O–H groups in total. The molecule has 0 radical (unpaired) electrons. The molecule has 2 aromatic carbocycles. The number of anilines is 1. The highest BCUT2D eigenvalue weighted by Gasteiger charge is 2.24. The maximum atomic E-state index is 13.9. The van der Waals surface area contributed by atoms with E-state index in [1.807, 2.05) is 23.1 Å². The smallest absolute Gasteiger partial charge is 0.238 e. The van der Waals surface area contributed by atoms with Gasteiger partial charge in [-0.05, 0) is 35.4 Å². The van der Waals surface area contributed by atoms with Crippen LogP contribution in [-0.2, 0) is 16.0 Å². The lowest BCUT2D eigenvalue weighted by Gasteiger charge is -2.32. The topological polar surface area (TPSA) is 54.5 Å². The number of morpholine rings is 1. The molecule has 3 aromatic rings.